The highest BCUT2D eigenvalue weighted by molar-refractivity contribution is 5.90. The minimum absolute atomic E-state index is 0.102. The Hall–Kier alpha value is -2.35. The average molecular weight is 355 g/mol. The Morgan fingerprint density at radius 1 is 1.04 bits per heavy atom. The molecule has 2 aromatic carbocycles. The number of hydrogen-bond donors (Lipinski definition) is 1. The van der Waals surface area contributed by atoms with Gasteiger partial charge >= 0.3 is 0 Å². The molecule has 2 nitrogen and oxygen atoms in total. The van der Waals surface area contributed by atoms with Gasteiger partial charge in [-0.1, -0.05) is 72.3 Å². The largest absolute Gasteiger partial charge is 0.359 e. The van der Waals surface area contributed by atoms with Crippen LogP contribution in [0.1, 0.15) is 30.4 Å². The maximum atomic E-state index is 12.9. The summed E-state index contributed by atoms with van der Waals surface area (Å²) in [6.07, 6.45) is 6.83. The maximum absolute atomic E-state index is 12.9. The van der Waals surface area contributed by atoms with Crippen LogP contribution < -0.4 is 5.32 Å². The van der Waals surface area contributed by atoms with Gasteiger partial charge in [-0.25, -0.2) is 0 Å². The van der Waals surface area contributed by atoms with Gasteiger partial charge in [0.1, 0.15) is 0 Å². The maximum Gasteiger partial charge on any atom is 0.226 e. The summed E-state index contributed by atoms with van der Waals surface area (Å²) in [5.41, 5.74) is 4.85. The van der Waals surface area contributed by atoms with Crippen molar-refractivity contribution < 1.29 is 4.79 Å². The summed E-state index contributed by atoms with van der Waals surface area (Å²) < 4.78 is 0. The fraction of sp³-hybridized carbons (Fsp3) is 0.400. The lowest BCUT2D eigenvalue weighted by Gasteiger charge is -2.95. The van der Waals surface area contributed by atoms with Crippen molar-refractivity contribution in [3.05, 3.63) is 83.4 Å². The average Bonchev–Trinajstić information content (AvgIpc) is 2.67. The van der Waals surface area contributed by atoms with Gasteiger partial charge in [-0.05, 0) is 48.6 Å². The van der Waals surface area contributed by atoms with Crippen LogP contribution in [0.4, 0.5) is 0 Å². The molecule has 0 radical (unpaired) electrons. The quantitative estimate of drug-likeness (QED) is 0.816. The molecule has 1 amide bonds. The van der Waals surface area contributed by atoms with Gasteiger partial charge in [-0.15, -0.1) is 0 Å². The van der Waals surface area contributed by atoms with Crippen molar-refractivity contribution in [2.45, 2.75) is 31.1 Å². The molecule has 0 saturated heterocycles. The van der Waals surface area contributed by atoms with Crippen molar-refractivity contribution >= 4 is 5.91 Å². The third-order valence-electron chi connectivity index (χ3n) is 8.60. The van der Waals surface area contributed by atoms with Crippen LogP contribution in [0.3, 0.4) is 0 Å². The van der Waals surface area contributed by atoms with Crippen LogP contribution in [0.5, 0.6) is 0 Å². The molecule has 6 rings (SSSR count). The molecule has 2 aromatic rings. The molecule has 27 heavy (non-hydrogen) atoms. The molecule has 4 aliphatic rings. The second-order valence-electron chi connectivity index (χ2n) is 9.06. The molecule has 136 valence electrons. The van der Waals surface area contributed by atoms with Crippen molar-refractivity contribution in [1.29, 1.82) is 0 Å². The highest BCUT2D eigenvalue weighted by Gasteiger charge is 2.97. The number of allylic oxidation sites excluding steroid dienone is 2. The Labute approximate surface area is 160 Å². The highest BCUT2D eigenvalue weighted by Crippen LogP contribution is 2.98. The molecule has 0 aliphatic heterocycles. The molecule has 0 bridgehead atoms. The Morgan fingerprint density at radius 3 is 2.37 bits per heavy atom. The lowest BCUT2D eigenvalue weighted by Crippen LogP contribution is -2.94. The molecule has 5 atom stereocenters. The van der Waals surface area contributed by atoms with Gasteiger partial charge in [-0.3, -0.25) is 4.79 Å². The van der Waals surface area contributed by atoms with Crippen molar-refractivity contribution in [3.8, 4) is 0 Å². The molecule has 0 aromatic heterocycles. The van der Waals surface area contributed by atoms with E-state index in [2.05, 4.69) is 72.1 Å². The molecular formula is C25H25NO. The van der Waals surface area contributed by atoms with E-state index in [1.165, 1.54) is 17.5 Å². The first-order valence-corrected chi connectivity index (χ1v) is 10.2. The van der Waals surface area contributed by atoms with Crippen LogP contribution in [0.15, 0.2) is 72.3 Å². The summed E-state index contributed by atoms with van der Waals surface area (Å²) in [7, 11) is 1.81. The normalized spacial score (nSPS) is 41.1. The van der Waals surface area contributed by atoms with Gasteiger partial charge < -0.3 is 5.32 Å². The third kappa shape index (κ3) is 1.48. The molecule has 1 spiro atoms. The van der Waals surface area contributed by atoms with Crippen LogP contribution in [-0.4, -0.2) is 13.0 Å². The fourth-order valence-electron chi connectivity index (χ4n) is 7.83. The zero-order valence-electron chi connectivity index (χ0n) is 15.7. The minimum atomic E-state index is -0.102. The summed E-state index contributed by atoms with van der Waals surface area (Å²) in [4.78, 5) is 12.9. The summed E-state index contributed by atoms with van der Waals surface area (Å²) >= 11 is 0. The van der Waals surface area contributed by atoms with Gasteiger partial charge in [-0.2, -0.15) is 0 Å². The predicted octanol–water partition coefficient (Wildman–Crippen LogP) is 4.27. The van der Waals surface area contributed by atoms with Gasteiger partial charge in [0.2, 0.25) is 5.91 Å². The molecule has 4 saturated carbocycles. The van der Waals surface area contributed by atoms with E-state index in [1.807, 2.05) is 7.05 Å². The zero-order valence-corrected chi connectivity index (χ0v) is 15.7. The Kier molecular flexibility index (Phi) is 2.86. The lowest BCUT2D eigenvalue weighted by atomic mass is 9.06. The first-order valence-electron chi connectivity index (χ1n) is 10.2. The van der Waals surface area contributed by atoms with Crippen molar-refractivity contribution in [1.82, 2.24) is 5.32 Å². The van der Waals surface area contributed by atoms with Crippen LogP contribution in [0, 0.1) is 22.7 Å². The molecule has 5 unspecified atom stereocenters. The Bertz CT molecular complexity index is 954. The fourth-order valence-corrected chi connectivity index (χ4v) is 7.83. The molecule has 0 heterocycles. The van der Waals surface area contributed by atoms with E-state index < -0.39 is 0 Å². The number of hydrogen-bond acceptors (Lipinski definition) is 1. The van der Waals surface area contributed by atoms with E-state index in [1.54, 1.807) is 5.57 Å². The van der Waals surface area contributed by atoms with Gasteiger partial charge in [0.05, 0.1) is 5.41 Å². The Balaban J connectivity index is 1.36. The molecular weight excluding hydrogens is 330 g/mol. The lowest BCUT2D eigenvalue weighted by molar-refractivity contribution is -0.396. The van der Waals surface area contributed by atoms with E-state index in [4.69, 9.17) is 0 Å². The van der Waals surface area contributed by atoms with Gasteiger partial charge in [0.25, 0.3) is 0 Å². The summed E-state index contributed by atoms with van der Waals surface area (Å²) in [6, 6.07) is 21.7. The van der Waals surface area contributed by atoms with E-state index in [0.717, 1.165) is 19.3 Å². The van der Waals surface area contributed by atoms with E-state index in [0.29, 0.717) is 11.8 Å². The number of benzene rings is 2. The number of amides is 1. The molecule has 4 aliphatic carbocycles. The van der Waals surface area contributed by atoms with Crippen LogP contribution in [-0.2, 0) is 16.6 Å². The third-order valence-corrected chi connectivity index (χ3v) is 8.60. The second kappa shape index (κ2) is 4.92. The van der Waals surface area contributed by atoms with E-state index in [-0.39, 0.29) is 22.2 Å². The minimum Gasteiger partial charge on any atom is -0.359 e. The SMILES string of the molecule is CNC(=O)C12CC3/C(=C/Cc4ccccc4)C4CC(c5ccccc5)(C1)C342. The summed E-state index contributed by atoms with van der Waals surface area (Å²) in [5, 5.41) is 2.99. The summed E-state index contributed by atoms with van der Waals surface area (Å²) in [5.74, 6) is 1.52. The Morgan fingerprint density at radius 2 is 1.70 bits per heavy atom. The van der Waals surface area contributed by atoms with Crippen molar-refractivity contribution in [2.24, 2.45) is 22.7 Å². The second-order valence-corrected chi connectivity index (χ2v) is 9.06. The van der Waals surface area contributed by atoms with Crippen LogP contribution in [0.2, 0.25) is 0 Å². The van der Waals surface area contributed by atoms with Crippen molar-refractivity contribution in [3.63, 3.8) is 0 Å². The molecule has 2 heteroatoms. The highest BCUT2D eigenvalue weighted by atomic mass is 16.2. The standard InChI is InChI=1S/C25H25NO/c1-26-22(27)24-15-21-19(13-12-17-8-4-2-5-9-17)20-14-23(16-24,25(20,21)24)18-10-6-3-7-11-18/h2-11,13,20-21H,12,14-16H2,1H3,(H,26,27)/b19-13+. The predicted molar refractivity (Wildman–Crippen MR) is 106 cm³/mol. The van der Waals surface area contributed by atoms with E-state index >= 15 is 0 Å². The van der Waals surface area contributed by atoms with Crippen LogP contribution >= 0.6 is 0 Å². The summed E-state index contributed by atoms with van der Waals surface area (Å²) in [6.45, 7) is 0. The molecule has 1 N–H and O–H groups in total. The van der Waals surface area contributed by atoms with Gasteiger partial charge in [0, 0.05) is 17.9 Å². The number of rotatable bonds is 4. The topological polar surface area (TPSA) is 29.1 Å². The molecule has 4 fully saturated rings. The first-order chi connectivity index (χ1) is 13.2. The smallest absolute Gasteiger partial charge is 0.226 e. The van der Waals surface area contributed by atoms with Crippen LogP contribution in [0.25, 0.3) is 0 Å². The van der Waals surface area contributed by atoms with Crippen molar-refractivity contribution in [2.75, 3.05) is 7.05 Å². The monoisotopic (exact) mass is 355 g/mol. The first kappa shape index (κ1) is 15.7. The van der Waals surface area contributed by atoms with Gasteiger partial charge in [0.15, 0.2) is 0 Å². The number of nitrogens with one attached hydrogen (secondary N) is 1. The van der Waals surface area contributed by atoms with E-state index in [9.17, 15) is 4.79 Å². The number of carbonyl (C=O) groups excluding carboxylic acids is 1. The zero-order chi connectivity index (χ0) is 18.3. The number of carbonyl (C=O) groups is 1.